The summed E-state index contributed by atoms with van der Waals surface area (Å²) in [6.45, 7) is 4.25. The lowest BCUT2D eigenvalue weighted by Gasteiger charge is -2.27. The first kappa shape index (κ1) is 14.3. The van der Waals surface area contributed by atoms with Gasteiger partial charge in [-0.15, -0.1) is 0 Å². The number of benzene rings is 2. The predicted molar refractivity (Wildman–Crippen MR) is 85.2 cm³/mol. The van der Waals surface area contributed by atoms with Gasteiger partial charge in [0.05, 0.1) is 5.54 Å². The molecule has 0 amide bonds. The maximum Gasteiger partial charge on any atom is 0.0647 e. The van der Waals surface area contributed by atoms with E-state index in [1.54, 1.807) is 0 Å². The van der Waals surface area contributed by atoms with Crippen LogP contribution >= 0.6 is 15.9 Å². The van der Waals surface area contributed by atoms with Crippen LogP contribution in [-0.4, -0.2) is 0 Å². The average Bonchev–Trinajstić information content (AvgIpc) is 2.40. The summed E-state index contributed by atoms with van der Waals surface area (Å²) in [7, 11) is 0. The molecule has 0 saturated carbocycles. The van der Waals surface area contributed by atoms with Crippen molar-refractivity contribution in [2.45, 2.75) is 32.2 Å². The van der Waals surface area contributed by atoms with Crippen LogP contribution in [0.4, 0.5) is 0 Å². The van der Waals surface area contributed by atoms with Gasteiger partial charge in [0.25, 0.3) is 0 Å². The van der Waals surface area contributed by atoms with Gasteiger partial charge in [0.15, 0.2) is 0 Å². The quantitative estimate of drug-likeness (QED) is 0.874. The summed E-state index contributed by atoms with van der Waals surface area (Å²) >= 11 is 3.59. The smallest absolute Gasteiger partial charge is 0.0647 e. The lowest BCUT2D eigenvalue weighted by atomic mass is 9.85. The van der Waals surface area contributed by atoms with Crippen LogP contribution in [0, 0.1) is 0 Å². The largest absolute Gasteiger partial charge is 0.318 e. The van der Waals surface area contributed by atoms with Gasteiger partial charge in [-0.2, -0.15) is 0 Å². The monoisotopic (exact) mass is 317 g/mol. The maximum atomic E-state index is 6.55. The summed E-state index contributed by atoms with van der Waals surface area (Å²) in [6.07, 6.45) is 2.29. The first-order valence-electron chi connectivity index (χ1n) is 6.69. The molecule has 1 nitrogen and oxygen atoms in total. The molecule has 0 aliphatic rings. The van der Waals surface area contributed by atoms with Crippen LogP contribution in [0.25, 0.3) is 0 Å². The summed E-state index contributed by atoms with van der Waals surface area (Å²) < 4.78 is 1.05. The van der Waals surface area contributed by atoms with E-state index < -0.39 is 5.54 Å². The van der Waals surface area contributed by atoms with E-state index in [0.717, 1.165) is 22.0 Å². The Hall–Kier alpha value is -1.12. The molecule has 0 bridgehead atoms. The van der Waals surface area contributed by atoms with Gasteiger partial charge in [-0.05, 0) is 36.1 Å². The highest BCUT2D eigenvalue weighted by atomic mass is 79.9. The van der Waals surface area contributed by atoms with E-state index in [4.69, 9.17) is 5.73 Å². The van der Waals surface area contributed by atoms with Crippen molar-refractivity contribution in [3.8, 4) is 0 Å². The summed E-state index contributed by atoms with van der Waals surface area (Å²) in [5.41, 5.74) is 9.69. The lowest BCUT2D eigenvalue weighted by Crippen LogP contribution is -2.34. The zero-order valence-corrected chi connectivity index (χ0v) is 13.1. The highest BCUT2D eigenvalue weighted by molar-refractivity contribution is 9.10. The van der Waals surface area contributed by atoms with Crippen molar-refractivity contribution >= 4 is 15.9 Å². The lowest BCUT2D eigenvalue weighted by molar-refractivity contribution is 0.599. The third-order valence-corrected chi connectivity index (χ3v) is 4.22. The first-order valence-corrected chi connectivity index (χ1v) is 7.48. The Labute approximate surface area is 124 Å². The molecule has 19 heavy (non-hydrogen) atoms. The molecule has 2 aromatic rings. The van der Waals surface area contributed by atoms with Gasteiger partial charge >= 0.3 is 0 Å². The molecule has 2 heteroatoms. The van der Waals surface area contributed by atoms with E-state index in [9.17, 15) is 0 Å². The first-order chi connectivity index (χ1) is 9.05. The van der Waals surface area contributed by atoms with Crippen LogP contribution in [-0.2, 0) is 12.0 Å². The Morgan fingerprint density at radius 1 is 1.05 bits per heavy atom. The number of hydrogen-bond donors (Lipinski definition) is 1. The van der Waals surface area contributed by atoms with Gasteiger partial charge in [-0.25, -0.2) is 0 Å². The molecule has 0 fully saturated rings. The van der Waals surface area contributed by atoms with Crippen LogP contribution in [0.1, 0.15) is 37.0 Å². The molecule has 2 aromatic carbocycles. The minimum Gasteiger partial charge on any atom is -0.318 e. The van der Waals surface area contributed by atoms with E-state index >= 15 is 0 Å². The molecular formula is C17H20BrN. The Morgan fingerprint density at radius 2 is 1.68 bits per heavy atom. The fourth-order valence-electron chi connectivity index (χ4n) is 2.34. The van der Waals surface area contributed by atoms with E-state index in [1.165, 1.54) is 12.0 Å². The minimum atomic E-state index is -0.481. The second-order valence-electron chi connectivity index (χ2n) is 5.13. The van der Waals surface area contributed by atoms with Crippen molar-refractivity contribution in [1.29, 1.82) is 0 Å². The Kier molecular flexibility index (Phi) is 4.43. The standard InChI is InChI=1S/C17H20BrN/c1-3-6-13-9-11-14(12-10-13)17(2,19)15-7-4-5-8-16(15)18/h4-5,7-12H,3,6,19H2,1-2H3. The van der Waals surface area contributed by atoms with Gasteiger partial charge in [-0.3, -0.25) is 0 Å². The fourth-order valence-corrected chi connectivity index (χ4v) is 3.04. The summed E-state index contributed by atoms with van der Waals surface area (Å²) in [6, 6.07) is 16.8. The average molecular weight is 318 g/mol. The molecule has 2 rings (SSSR count). The minimum absolute atomic E-state index is 0.481. The Balaban J connectivity index is 2.36. The van der Waals surface area contributed by atoms with Gasteiger partial charge < -0.3 is 5.73 Å². The highest BCUT2D eigenvalue weighted by Gasteiger charge is 2.25. The topological polar surface area (TPSA) is 26.0 Å². The van der Waals surface area contributed by atoms with Gasteiger partial charge in [-0.1, -0.05) is 71.7 Å². The number of aryl methyl sites for hydroxylation is 1. The number of rotatable bonds is 4. The molecule has 0 aliphatic carbocycles. The van der Waals surface area contributed by atoms with Crippen molar-refractivity contribution in [1.82, 2.24) is 0 Å². The molecule has 0 aliphatic heterocycles. The fraction of sp³-hybridized carbons (Fsp3) is 0.294. The van der Waals surface area contributed by atoms with Crippen molar-refractivity contribution in [3.63, 3.8) is 0 Å². The molecule has 100 valence electrons. The van der Waals surface area contributed by atoms with Gasteiger partial charge in [0, 0.05) is 4.47 Å². The summed E-state index contributed by atoms with van der Waals surface area (Å²) in [5, 5.41) is 0. The zero-order chi connectivity index (χ0) is 13.9. The van der Waals surface area contributed by atoms with Crippen LogP contribution < -0.4 is 5.73 Å². The predicted octanol–water partition coefficient (Wildman–Crippen LogP) is 4.62. The van der Waals surface area contributed by atoms with Crippen molar-refractivity contribution in [2.24, 2.45) is 5.73 Å². The van der Waals surface area contributed by atoms with Gasteiger partial charge in [0.2, 0.25) is 0 Å². The van der Waals surface area contributed by atoms with Crippen molar-refractivity contribution in [2.75, 3.05) is 0 Å². The van der Waals surface area contributed by atoms with E-state index in [-0.39, 0.29) is 0 Å². The third kappa shape index (κ3) is 3.07. The van der Waals surface area contributed by atoms with Crippen molar-refractivity contribution < 1.29 is 0 Å². The third-order valence-electron chi connectivity index (χ3n) is 3.53. The number of nitrogens with two attached hydrogens (primary N) is 1. The van der Waals surface area contributed by atoms with Crippen LogP contribution in [0.3, 0.4) is 0 Å². The van der Waals surface area contributed by atoms with Crippen LogP contribution in [0.15, 0.2) is 53.0 Å². The summed E-state index contributed by atoms with van der Waals surface area (Å²) in [4.78, 5) is 0. The molecule has 0 spiro atoms. The molecule has 2 N–H and O–H groups in total. The molecule has 0 aromatic heterocycles. The molecular weight excluding hydrogens is 298 g/mol. The molecule has 0 radical (unpaired) electrons. The number of hydrogen-bond acceptors (Lipinski definition) is 1. The van der Waals surface area contributed by atoms with Gasteiger partial charge in [0.1, 0.15) is 0 Å². The van der Waals surface area contributed by atoms with E-state index in [2.05, 4.69) is 60.1 Å². The summed E-state index contributed by atoms with van der Waals surface area (Å²) in [5.74, 6) is 0. The SMILES string of the molecule is CCCc1ccc(C(C)(N)c2ccccc2Br)cc1. The highest BCUT2D eigenvalue weighted by Crippen LogP contribution is 2.32. The van der Waals surface area contributed by atoms with Crippen LogP contribution in [0.2, 0.25) is 0 Å². The second-order valence-corrected chi connectivity index (χ2v) is 5.98. The van der Waals surface area contributed by atoms with E-state index in [1.807, 2.05) is 18.2 Å². The second kappa shape index (κ2) is 5.89. The molecule has 1 unspecified atom stereocenters. The zero-order valence-electron chi connectivity index (χ0n) is 11.5. The molecule has 0 heterocycles. The number of halogens is 1. The Bertz CT molecular complexity index is 543. The Morgan fingerprint density at radius 3 is 2.26 bits per heavy atom. The maximum absolute atomic E-state index is 6.55. The molecule has 1 atom stereocenters. The normalized spacial score (nSPS) is 14.1. The molecule has 0 saturated heterocycles. The van der Waals surface area contributed by atoms with Crippen LogP contribution in [0.5, 0.6) is 0 Å². The van der Waals surface area contributed by atoms with Crippen molar-refractivity contribution in [3.05, 3.63) is 69.7 Å². The van der Waals surface area contributed by atoms with E-state index in [0.29, 0.717) is 0 Å².